The van der Waals surface area contributed by atoms with Crippen LogP contribution >= 0.6 is 0 Å². The normalized spacial score (nSPS) is 18.3. The maximum absolute atomic E-state index is 12.7. The van der Waals surface area contributed by atoms with Crippen molar-refractivity contribution < 1.29 is 9.59 Å². The van der Waals surface area contributed by atoms with Crippen LogP contribution in [0.15, 0.2) is 24.3 Å². The van der Waals surface area contributed by atoms with Crippen LogP contribution < -0.4 is 11.1 Å². The predicted molar refractivity (Wildman–Crippen MR) is 83.0 cm³/mol. The molecule has 1 aromatic rings. The molecule has 0 radical (unpaired) electrons. The van der Waals surface area contributed by atoms with Crippen LogP contribution in [0.4, 0.5) is 5.69 Å². The highest BCUT2D eigenvalue weighted by molar-refractivity contribution is 5.99. The molecule has 1 saturated heterocycles. The predicted octanol–water partition coefficient (Wildman–Crippen LogP) is 1.85. The minimum Gasteiger partial charge on any atom is -0.384 e. The molecule has 1 fully saturated rings. The molecule has 1 unspecified atom stereocenters. The largest absolute Gasteiger partial charge is 0.384 e. The Bertz CT molecular complexity index is 516. The highest BCUT2D eigenvalue weighted by Crippen LogP contribution is 2.22. The first-order chi connectivity index (χ1) is 10.1. The van der Waals surface area contributed by atoms with Gasteiger partial charge in [0.1, 0.15) is 0 Å². The van der Waals surface area contributed by atoms with Crippen LogP contribution in [0.3, 0.4) is 0 Å². The van der Waals surface area contributed by atoms with Crippen LogP contribution in [0, 0.1) is 5.92 Å². The SMILES string of the molecule is CCCNc1ccccc1C(=O)N1CCCC(C(N)=O)C1. The summed E-state index contributed by atoms with van der Waals surface area (Å²) in [5.74, 6) is -0.566. The Hall–Kier alpha value is -2.04. The molecule has 1 aromatic carbocycles. The second-order valence-electron chi connectivity index (χ2n) is 5.47. The van der Waals surface area contributed by atoms with E-state index >= 15 is 0 Å². The number of anilines is 1. The van der Waals surface area contributed by atoms with Crippen molar-refractivity contribution in [2.24, 2.45) is 11.7 Å². The van der Waals surface area contributed by atoms with Crippen LogP contribution in [0.1, 0.15) is 36.5 Å². The number of piperidine rings is 1. The fourth-order valence-corrected chi connectivity index (χ4v) is 2.65. The molecular formula is C16H23N3O2. The Kier molecular flexibility index (Phi) is 5.20. The van der Waals surface area contributed by atoms with E-state index in [-0.39, 0.29) is 17.7 Å². The number of likely N-dealkylation sites (tertiary alicyclic amines) is 1. The van der Waals surface area contributed by atoms with Crippen LogP contribution in [0.5, 0.6) is 0 Å². The zero-order chi connectivity index (χ0) is 15.2. The van der Waals surface area contributed by atoms with Crippen LogP contribution in [-0.4, -0.2) is 36.3 Å². The summed E-state index contributed by atoms with van der Waals surface area (Å²) in [5.41, 5.74) is 6.89. The third kappa shape index (κ3) is 3.74. The first-order valence-corrected chi connectivity index (χ1v) is 7.55. The van der Waals surface area contributed by atoms with Crippen molar-refractivity contribution in [1.29, 1.82) is 0 Å². The fraction of sp³-hybridized carbons (Fsp3) is 0.500. The molecule has 3 N–H and O–H groups in total. The van der Waals surface area contributed by atoms with Crippen LogP contribution in [-0.2, 0) is 4.79 Å². The smallest absolute Gasteiger partial charge is 0.255 e. The van der Waals surface area contributed by atoms with Crippen molar-refractivity contribution in [1.82, 2.24) is 4.90 Å². The van der Waals surface area contributed by atoms with Crippen molar-refractivity contribution in [3.63, 3.8) is 0 Å². The number of nitrogens with two attached hydrogens (primary N) is 1. The molecule has 1 aliphatic heterocycles. The second-order valence-corrected chi connectivity index (χ2v) is 5.47. The third-order valence-electron chi connectivity index (χ3n) is 3.83. The lowest BCUT2D eigenvalue weighted by Crippen LogP contribution is -2.44. The van der Waals surface area contributed by atoms with Gasteiger partial charge in [-0.25, -0.2) is 0 Å². The number of rotatable bonds is 5. The zero-order valence-electron chi connectivity index (χ0n) is 12.5. The van der Waals surface area contributed by atoms with Gasteiger partial charge in [-0.15, -0.1) is 0 Å². The summed E-state index contributed by atoms with van der Waals surface area (Å²) in [6, 6.07) is 7.52. The Morgan fingerprint density at radius 3 is 2.86 bits per heavy atom. The summed E-state index contributed by atoms with van der Waals surface area (Å²) in [6.45, 7) is 4.02. The maximum atomic E-state index is 12.7. The van der Waals surface area contributed by atoms with Gasteiger partial charge in [-0.3, -0.25) is 9.59 Å². The van der Waals surface area contributed by atoms with E-state index < -0.39 is 0 Å². The molecule has 0 bridgehead atoms. The number of hydrogen-bond donors (Lipinski definition) is 2. The zero-order valence-corrected chi connectivity index (χ0v) is 12.5. The number of hydrogen-bond acceptors (Lipinski definition) is 3. The summed E-state index contributed by atoms with van der Waals surface area (Å²) >= 11 is 0. The van der Waals surface area contributed by atoms with E-state index in [1.54, 1.807) is 4.90 Å². The van der Waals surface area contributed by atoms with Crippen LogP contribution in [0.25, 0.3) is 0 Å². The molecule has 21 heavy (non-hydrogen) atoms. The molecule has 0 aliphatic carbocycles. The van der Waals surface area contributed by atoms with E-state index in [2.05, 4.69) is 12.2 Å². The summed E-state index contributed by atoms with van der Waals surface area (Å²) < 4.78 is 0. The fourth-order valence-electron chi connectivity index (χ4n) is 2.65. The minimum absolute atomic E-state index is 0.0276. The molecule has 1 heterocycles. The van der Waals surface area contributed by atoms with Crippen LogP contribution in [0.2, 0.25) is 0 Å². The highest BCUT2D eigenvalue weighted by Gasteiger charge is 2.28. The van der Waals surface area contributed by atoms with Gasteiger partial charge in [-0.2, -0.15) is 0 Å². The molecular weight excluding hydrogens is 266 g/mol. The molecule has 5 nitrogen and oxygen atoms in total. The molecule has 114 valence electrons. The Labute approximate surface area is 125 Å². The number of nitrogens with zero attached hydrogens (tertiary/aromatic N) is 1. The number of carbonyl (C=O) groups is 2. The van der Waals surface area contributed by atoms with Gasteiger partial charge in [-0.1, -0.05) is 19.1 Å². The van der Waals surface area contributed by atoms with E-state index in [0.29, 0.717) is 18.7 Å². The number of carbonyl (C=O) groups excluding carboxylic acids is 2. The maximum Gasteiger partial charge on any atom is 0.255 e. The monoisotopic (exact) mass is 289 g/mol. The van der Waals surface area contributed by atoms with E-state index in [0.717, 1.165) is 31.5 Å². The number of amides is 2. The number of nitrogens with one attached hydrogen (secondary N) is 1. The molecule has 0 saturated carbocycles. The molecule has 1 aliphatic rings. The van der Waals surface area contributed by atoms with Gasteiger partial charge in [-0.05, 0) is 31.4 Å². The van der Waals surface area contributed by atoms with Gasteiger partial charge in [0.05, 0.1) is 11.5 Å². The molecule has 5 heteroatoms. The van der Waals surface area contributed by atoms with Crippen molar-refractivity contribution in [3.05, 3.63) is 29.8 Å². The highest BCUT2D eigenvalue weighted by atomic mass is 16.2. The van der Waals surface area contributed by atoms with E-state index in [9.17, 15) is 9.59 Å². The first kappa shape index (κ1) is 15.4. The lowest BCUT2D eigenvalue weighted by Gasteiger charge is -2.31. The topological polar surface area (TPSA) is 75.4 Å². The lowest BCUT2D eigenvalue weighted by molar-refractivity contribution is -0.123. The van der Waals surface area contributed by atoms with Crippen molar-refractivity contribution in [2.75, 3.05) is 25.0 Å². The number of primary amides is 1. The van der Waals surface area contributed by atoms with Gasteiger partial charge in [0.2, 0.25) is 5.91 Å². The summed E-state index contributed by atoms with van der Waals surface area (Å²) in [7, 11) is 0. The summed E-state index contributed by atoms with van der Waals surface area (Å²) in [6.07, 6.45) is 2.59. The van der Waals surface area contributed by atoms with Gasteiger partial charge >= 0.3 is 0 Å². The van der Waals surface area contributed by atoms with Gasteiger partial charge in [0, 0.05) is 25.3 Å². The average Bonchev–Trinajstić information content (AvgIpc) is 2.52. The molecule has 2 amide bonds. The first-order valence-electron chi connectivity index (χ1n) is 7.55. The van der Waals surface area contributed by atoms with Gasteiger partial charge in [0.15, 0.2) is 0 Å². The summed E-state index contributed by atoms with van der Waals surface area (Å²) in [4.78, 5) is 25.8. The third-order valence-corrected chi connectivity index (χ3v) is 3.83. The second kappa shape index (κ2) is 7.11. The Morgan fingerprint density at radius 1 is 1.38 bits per heavy atom. The van der Waals surface area contributed by atoms with E-state index in [1.807, 2.05) is 24.3 Å². The van der Waals surface area contributed by atoms with Crippen molar-refractivity contribution in [2.45, 2.75) is 26.2 Å². The molecule has 0 aromatic heterocycles. The molecule has 2 rings (SSSR count). The number of benzene rings is 1. The van der Waals surface area contributed by atoms with E-state index in [1.165, 1.54) is 0 Å². The van der Waals surface area contributed by atoms with Gasteiger partial charge in [0.25, 0.3) is 5.91 Å². The standard InChI is InChI=1S/C16H23N3O2/c1-2-9-18-14-8-4-3-7-13(14)16(21)19-10-5-6-12(11-19)15(17)20/h3-4,7-8,12,18H,2,5-6,9-11H2,1H3,(H2,17,20). The van der Waals surface area contributed by atoms with Gasteiger partial charge < -0.3 is 16.0 Å². The minimum atomic E-state index is -0.315. The lowest BCUT2D eigenvalue weighted by atomic mass is 9.96. The Morgan fingerprint density at radius 2 is 2.14 bits per heavy atom. The number of para-hydroxylation sites is 1. The molecule has 1 atom stereocenters. The Balaban J connectivity index is 2.14. The van der Waals surface area contributed by atoms with Crippen molar-refractivity contribution >= 4 is 17.5 Å². The molecule has 0 spiro atoms. The summed E-state index contributed by atoms with van der Waals surface area (Å²) in [5, 5.41) is 3.28. The quantitative estimate of drug-likeness (QED) is 0.868. The van der Waals surface area contributed by atoms with Crippen molar-refractivity contribution in [3.8, 4) is 0 Å². The average molecular weight is 289 g/mol. The van der Waals surface area contributed by atoms with E-state index in [4.69, 9.17) is 5.73 Å².